The Bertz CT molecular complexity index is 1370. The highest BCUT2D eigenvalue weighted by Gasteiger charge is 2.24. The first kappa shape index (κ1) is 21.1. The fourth-order valence-corrected chi connectivity index (χ4v) is 4.75. The number of nitrogens with zero attached hydrogens (tertiary/aromatic N) is 5. The van der Waals surface area contributed by atoms with Crippen molar-refractivity contribution in [2.24, 2.45) is 0 Å². The second kappa shape index (κ2) is 8.62. The predicted octanol–water partition coefficient (Wildman–Crippen LogP) is 3.07. The summed E-state index contributed by atoms with van der Waals surface area (Å²) in [6, 6.07) is 9.10. The highest BCUT2D eigenvalue weighted by molar-refractivity contribution is 7.07. The minimum absolute atomic E-state index is 0.0334. The number of piperazine rings is 1. The zero-order valence-electron chi connectivity index (χ0n) is 17.5. The summed E-state index contributed by atoms with van der Waals surface area (Å²) in [4.78, 5) is 37.1. The van der Waals surface area contributed by atoms with Crippen LogP contribution in [0.25, 0.3) is 10.9 Å². The van der Waals surface area contributed by atoms with Crippen LogP contribution in [0.15, 0.2) is 58.4 Å². The van der Waals surface area contributed by atoms with Gasteiger partial charge in [0.2, 0.25) is 11.4 Å². The average Bonchev–Trinajstić information content (AvgIpc) is 3.35. The van der Waals surface area contributed by atoms with Crippen molar-refractivity contribution in [3.63, 3.8) is 0 Å². The summed E-state index contributed by atoms with van der Waals surface area (Å²) in [7, 11) is 0. The first-order chi connectivity index (χ1) is 16.0. The summed E-state index contributed by atoms with van der Waals surface area (Å²) < 4.78 is 16.5. The van der Waals surface area contributed by atoms with Crippen molar-refractivity contribution >= 4 is 39.6 Å². The van der Waals surface area contributed by atoms with E-state index in [4.69, 9.17) is 0 Å². The topological polar surface area (TPSA) is 91.6 Å². The summed E-state index contributed by atoms with van der Waals surface area (Å²) in [5.74, 6) is -2.64. The molecule has 1 N–H and O–H groups in total. The molecule has 3 aromatic heterocycles. The quantitative estimate of drug-likeness (QED) is 0.453. The fraction of sp³-hybridized carbons (Fsp3) is 0.217. The van der Waals surface area contributed by atoms with Crippen LogP contribution in [0.5, 0.6) is 0 Å². The van der Waals surface area contributed by atoms with Crippen molar-refractivity contribution in [1.82, 2.24) is 14.5 Å². The lowest BCUT2D eigenvalue weighted by molar-refractivity contribution is 0.0688. The van der Waals surface area contributed by atoms with Crippen molar-refractivity contribution in [1.29, 1.82) is 0 Å². The van der Waals surface area contributed by atoms with Gasteiger partial charge in [-0.3, -0.25) is 9.78 Å². The van der Waals surface area contributed by atoms with E-state index in [1.165, 1.54) is 15.9 Å². The van der Waals surface area contributed by atoms with Crippen LogP contribution in [0.4, 0.5) is 15.8 Å². The van der Waals surface area contributed by atoms with Gasteiger partial charge < -0.3 is 19.5 Å². The van der Waals surface area contributed by atoms with Crippen LogP contribution in [0.3, 0.4) is 0 Å². The Labute approximate surface area is 192 Å². The van der Waals surface area contributed by atoms with E-state index in [9.17, 15) is 14.7 Å². The molecule has 0 amide bonds. The summed E-state index contributed by atoms with van der Waals surface area (Å²) in [6.07, 6.45) is 3.54. The van der Waals surface area contributed by atoms with E-state index >= 15 is 4.39 Å². The SMILES string of the molecule is O=C(O)c1c(F)n(Cc2cscn2)c2cc(N3CCN(c4ccncc4)CC3)ccc2c1=O. The number of carbonyl (C=O) groups is 1. The predicted molar refractivity (Wildman–Crippen MR) is 125 cm³/mol. The van der Waals surface area contributed by atoms with E-state index in [0.717, 1.165) is 37.6 Å². The third-order valence-corrected chi connectivity index (χ3v) is 6.51. The lowest BCUT2D eigenvalue weighted by Crippen LogP contribution is -2.46. The molecule has 0 saturated carbocycles. The molecular weight excluding hydrogens is 445 g/mol. The van der Waals surface area contributed by atoms with E-state index in [1.54, 1.807) is 41.5 Å². The smallest absolute Gasteiger partial charge is 0.344 e. The number of anilines is 2. The first-order valence-corrected chi connectivity index (χ1v) is 11.3. The highest BCUT2D eigenvalue weighted by Crippen LogP contribution is 2.25. The molecule has 33 heavy (non-hydrogen) atoms. The number of benzene rings is 1. The van der Waals surface area contributed by atoms with Crippen LogP contribution >= 0.6 is 11.3 Å². The van der Waals surface area contributed by atoms with E-state index in [1.807, 2.05) is 12.1 Å². The third kappa shape index (κ3) is 3.93. The number of fused-ring (bicyclic) bond motifs is 1. The van der Waals surface area contributed by atoms with Gasteiger partial charge in [-0.2, -0.15) is 4.39 Å². The monoisotopic (exact) mass is 465 g/mol. The van der Waals surface area contributed by atoms with Crippen molar-refractivity contribution in [2.45, 2.75) is 6.54 Å². The van der Waals surface area contributed by atoms with Gasteiger partial charge in [0.15, 0.2) is 5.56 Å². The minimum atomic E-state index is -1.58. The maximum Gasteiger partial charge on any atom is 0.344 e. The highest BCUT2D eigenvalue weighted by atomic mass is 32.1. The number of thiazole rings is 1. The Hall–Kier alpha value is -3.79. The van der Waals surface area contributed by atoms with E-state index in [0.29, 0.717) is 11.2 Å². The average molecular weight is 466 g/mol. The number of aromatic carboxylic acids is 1. The first-order valence-electron chi connectivity index (χ1n) is 10.4. The molecule has 4 aromatic rings. The standard InChI is InChI=1S/C23H20FN5O3S/c24-22-20(23(31)32)21(30)18-2-1-17(11-19(18)29(22)12-15-13-33-14-26-15)28-9-7-27(8-10-28)16-3-5-25-6-4-16/h1-6,11,13-14H,7-10,12H2,(H,31,32). The van der Waals surface area contributed by atoms with Crippen LogP contribution in [0.2, 0.25) is 0 Å². The molecule has 0 bridgehead atoms. The number of aromatic nitrogens is 3. The van der Waals surface area contributed by atoms with Gasteiger partial charge in [-0.1, -0.05) is 0 Å². The molecule has 10 heteroatoms. The molecule has 1 aliphatic heterocycles. The Morgan fingerprint density at radius 3 is 2.39 bits per heavy atom. The molecule has 4 heterocycles. The second-order valence-electron chi connectivity index (χ2n) is 7.75. The van der Waals surface area contributed by atoms with Gasteiger partial charge in [0.1, 0.15) is 0 Å². The maximum atomic E-state index is 15.3. The largest absolute Gasteiger partial charge is 0.477 e. The van der Waals surface area contributed by atoms with Gasteiger partial charge in [-0.25, -0.2) is 9.78 Å². The number of carboxylic acid groups (broad SMARTS) is 1. The molecule has 1 aliphatic rings. The molecule has 0 aliphatic carbocycles. The van der Waals surface area contributed by atoms with Crippen LogP contribution in [0, 0.1) is 5.95 Å². The summed E-state index contributed by atoms with van der Waals surface area (Å²) >= 11 is 1.37. The van der Waals surface area contributed by atoms with Gasteiger partial charge in [0.25, 0.3) is 0 Å². The van der Waals surface area contributed by atoms with Crippen LogP contribution in [-0.2, 0) is 6.54 Å². The van der Waals surface area contributed by atoms with E-state index in [-0.39, 0.29) is 11.9 Å². The minimum Gasteiger partial charge on any atom is -0.477 e. The number of pyridine rings is 2. The van der Waals surface area contributed by atoms with Crippen molar-refractivity contribution in [3.05, 3.63) is 81.0 Å². The Kier molecular flexibility index (Phi) is 5.51. The molecule has 5 rings (SSSR count). The summed E-state index contributed by atoms with van der Waals surface area (Å²) in [5.41, 5.74) is 2.87. The molecule has 8 nitrogen and oxygen atoms in total. The molecule has 1 fully saturated rings. The molecule has 0 unspecified atom stereocenters. The van der Waals surface area contributed by atoms with Crippen molar-refractivity contribution in [2.75, 3.05) is 36.0 Å². The zero-order valence-corrected chi connectivity index (χ0v) is 18.3. The van der Waals surface area contributed by atoms with Gasteiger partial charge in [-0.15, -0.1) is 11.3 Å². The van der Waals surface area contributed by atoms with E-state index in [2.05, 4.69) is 19.8 Å². The zero-order chi connectivity index (χ0) is 22.9. The Morgan fingerprint density at radius 1 is 1.06 bits per heavy atom. The molecule has 0 radical (unpaired) electrons. The molecule has 1 saturated heterocycles. The second-order valence-corrected chi connectivity index (χ2v) is 8.47. The number of halogens is 1. The van der Waals surface area contributed by atoms with Crippen LogP contribution in [-0.4, -0.2) is 51.8 Å². The third-order valence-electron chi connectivity index (χ3n) is 5.88. The molecule has 0 atom stereocenters. The van der Waals surface area contributed by atoms with Gasteiger partial charge in [0.05, 0.1) is 23.3 Å². The molecule has 168 valence electrons. The van der Waals surface area contributed by atoms with Crippen molar-refractivity contribution in [3.8, 4) is 0 Å². The summed E-state index contributed by atoms with van der Waals surface area (Å²) in [6.45, 7) is 3.14. The normalized spacial score (nSPS) is 14.1. The molecular formula is C23H20FN5O3S. The Balaban J connectivity index is 1.52. The lowest BCUT2D eigenvalue weighted by Gasteiger charge is -2.37. The van der Waals surface area contributed by atoms with Gasteiger partial charge in [0, 0.05) is 60.7 Å². The molecule has 0 spiro atoms. The van der Waals surface area contributed by atoms with Crippen LogP contribution < -0.4 is 15.2 Å². The number of rotatable bonds is 5. The Morgan fingerprint density at radius 2 is 1.76 bits per heavy atom. The maximum absolute atomic E-state index is 15.3. The number of carboxylic acids is 1. The number of hydrogen-bond acceptors (Lipinski definition) is 7. The van der Waals surface area contributed by atoms with Crippen LogP contribution in [0.1, 0.15) is 16.1 Å². The summed E-state index contributed by atoms with van der Waals surface area (Å²) in [5, 5.41) is 11.4. The van der Waals surface area contributed by atoms with Gasteiger partial charge >= 0.3 is 5.97 Å². The van der Waals surface area contributed by atoms with Gasteiger partial charge in [-0.05, 0) is 30.3 Å². The lowest BCUT2D eigenvalue weighted by atomic mass is 10.1. The van der Waals surface area contributed by atoms with Crippen molar-refractivity contribution < 1.29 is 14.3 Å². The number of hydrogen-bond donors (Lipinski definition) is 1. The fourth-order valence-electron chi connectivity index (χ4n) is 4.20. The van der Waals surface area contributed by atoms with E-state index < -0.39 is 22.9 Å². The molecule has 1 aromatic carbocycles.